The van der Waals surface area contributed by atoms with E-state index in [2.05, 4.69) is 26.1 Å². The Morgan fingerprint density at radius 3 is 2.94 bits per heavy atom. The van der Waals surface area contributed by atoms with Crippen molar-refractivity contribution in [2.45, 2.75) is 52.2 Å². The molecule has 2 aliphatic heterocycles. The normalized spacial score (nSPS) is 32.3. The van der Waals surface area contributed by atoms with Gasteiger partial charge in [0, 0.05) is 13.1 Å². The van der Waals surface area contributed by atoms with Crippen LogP contribution < -0.4 is 5.32 Å². The Hall–Kier alpha value is -0.610. The summed E-state index contributed by atoms with van der Waals surface area (Å²) in [5, 5.41) is 3.41. The molecular formula is C14H26N2O2. The summed E-state index contributed by atoms with van der Waals surface area (Å²) in [6.07, 6.45) is 3.48. The van der Waals surface area contributed by atoms with Crippen LogP contribution in [-0.4, -0.2) is 49.2 Å². The number of piperidine rings is 1. The van der Waals surface area contributed by atoms with Crippen molar-refractivity contribution in [1.29, 1.82) is 0 Å². The molecular weight excluding hydrogens is 228 g/mol. The van der Waals surface area contributed by atoms with Crippen LogP contribution in [0.15, 0.2) is 0 Å². The lowest BCUT2D eigenvalue weighted by Gasteiger charge is -2.42. The van der Waals surface area contributed by atoms with Gasteiger partial charge in [-0.2, -0.15) is 0 Å². The molecule has 2 saturated heterocycles. The molecule has 0 bridgehead atoms. The third-order valence-corrected chi connectivity index (χ3v) is 4.28. The summed E-state index contributed by atoms with van der Waals surface area (Å²) in [5.74, 6) is 0.265. The minimum atomic E-state index is -0.0261. The lowest BCUT2D eigenvalue weighted by molar-refractivity contribution is -0.145. The Kier molecular flexibility index (Phi) is 4.28. The van der Waals surface area contributed by atoms with Crippen LogP contribution in [0.25, 0.3) is 0 Å². The van der Waals surface area contributed by atoms with Gasteiger partial charge in [0.25, 0.3) is 0 Å². The number of nitrogens with one attached hydrogen (secondary N) is 1. The number of ether oxygens (including phenoxy) is 1. The van der Waals surface area contributed by atoms with Crippen LogP contribution in [0.1, 0.15) is 40.0 Å². The summed E-state index contributed by atoms with van der Waals surface area (Å²) in [5.41, 5.74) is 0.0648. The van der Waals surface area contributed by atoms with Crippen LogP contribution in [0, 0.1) is 5.41 Å². The minimum absolute atomic E-state index is 0.0261. The number of carbonyl (C=O) groups excluding carboxylic acids is 1. The van der Waals surface area contributed by atoms with Crippen LogP contribution in [0.3, 0.4) is 0 Å². The second kappa shape index (κ2) is 5.57. The molecule has 2 unspecified atom stereocenters. The van der Waals surface area contributed by atoms with Crippen LogP contribution in [0.2, 0.25) is 0 Å². The molecule has 0 aliphatic carbocycles. The monoisotopic (exact) mass is 254 g/mol. The predicted octanol–water partition coefficient (Wildman–Crippen LogP) is 1.40. The summed E-state index contributed by atoms with van der Waals surface area (Å²) in [7, 11) is 0. The largest absolute Gasteiger partial charge is 0.375 e. The molecule has 2 atom stereocenters. The smallest absolute Gasteiger partial charge is 0.240 e. The van der Waals surface area contributed by atoms with Gasteiger partial charge in [0.1, 0.15) is 0 Å². The van der Waals surface area contributed by atoms with Crippen LogP contribution in [0.4, 0.5) is 0 Å². The second-order valence-electron chi connectivity index (χ2n) is 6.16. The van der Waals surface area contributed by atoms with Gasteiger partial charge in [-0.05, 0) is 31.2 Å². The molecule has 2 rings (SSSR count). The molecule has 1 N–H and O–H groups in total. The Bertz CT molecular complexity index is 304. The molecule has 2 fully saturated rings. The van der Waals surface area contributed by atoms with Crippen molar-refractivity contribution < 1.29 is 9.53 Å². The van der Waals surface area contributed by atoms with E-state index < -0.39 is 0 Å². The quantitative estimate of drug-likeness (QED) is 0.810. The van der Waals surface area contributed by atoms with Gasteiger partial charge in [-0.15, -0.1) is 0 Å². The second-order valence-corrected chi connectivity index (χ2v) is 6.16. The van der Waals surface area contributed by atoms with Crippen molar-refractivity contribution in [1.82, 2.24) is 10.2 Å². The molecule has 0 aromatic heterocycles. The minimum Gasteiger partial charge on any atom is -0.375 e. The molecule has 0 aromatic carbocycles. The Morgan fingerprint density at radius 1 is 1.50 bits per heavy atom. The van der Waals surface area contributed by atoms with Crippen molar-refractivity contribution >= 4 is 5.91 Å². The summed E-state index contributed by atoms with van der Waals surface area (Å²) in [6, 6.07) is -0.0261. The van der Waals surface area contributed by atoms with E-state index in [9.17, 15) is 4.79 Å². The lowest BCUT2D eigenvalue weighted by Crippen LogP contribution is -2.59. The zero-order valence-corrected chi connectivity index (χ0v) is 11.9. The van der Waals surface area contributed by atoms with E-state index in [0.717, 1.165) is 38.9 Å². The van der Waals surface area contributed by atoms with Crippen LogP contribution >= 0.6 is 0 Å². The van der Waals surface area contributed by atoms with E-state index in [1.165, 1.54) is 0 Å². The van der Waals surface area contributed by atoms with Crippen molar-refractivity contribution in [3.8, 4) is 0 Å². The van der Waals surface area contributed by atoms with Crippen molar-refractivity contribution in [2.75, 3.05) is 26.2 Å². The summed E-state index contributed by atoms with van der Waals surface area (Å²) >= 11 is 0. The Balaban J connectivity index is 2.01. The highest BCUT2D eigenvalue weighted by atomic mass is 16.5. The highest BCUT2D eigenvalue weighted by Crippen LogP contribution is 2.31. The van der Waals surface area contributed by atoms with Gasteiger partial charge in [-0.1, -0.05) is 20.8 Å². The number of rotatable bonds is 2. The molecule has 18 heavy (non-hydrogen) atoms. The van der Waals surface area contributed by atoms with Gasteiger partial charge in [-0.25, -0.2) is 0 Å². The highest BCUT2D eigenvalue weighted by molar-refractivity contribution is 5.83. The van der Waals surface area contributed by atoms with E-state index in [0.29, 0.717) is 6.61 Å². The third kappa shape index (κ3) is 2.86. The standard InChI is InChI=1S/C14H26N2O2/c1-4-11-10-16(8-9-18-11)13(17)12-14(2,3)6-5-7-15-12/h11-12,15H,4-10H2,1-3H3. The molecule has 4 nitrogen and oxygen atoms in total. The van der Waals surface area contributed by atoms with E-state index in [4.69, 9.17) is 4.74 Å². The van der Waals surface area contributed by atoms with Gasteiger partial charge in [0.05, 0.1) is 18.8 Å². The predicted molar refractivity (Wildman–Crippen MR) is 71.4 cm³/mol. The van der Waals surface area contributed by atoms with Gasteiger partial charge >= 0.3 is 0 Å². The summed E-state index contributed by atoms with van der Waals surface area (Å²) in [6.45, 7) is 9.63. The molecule has 1 amide bonds. The molecule has 0 spiro atoms. The Labute approximate surface area is 110 Å². The lowest BCUT2D eigenvalue weighted by atomic mass is 9.77. The first kappa shape index (κ1) is 13.8. The number of nitrogens with zero attached hydrogens (tertiary/aromatic N) is 1. The van der Waals surface area contributed by atoms with E-state index in [1.54, 1.807) is 0 Å². The first-order chi connectivity index (χ1) is 8.54. The van der Waals surface area contributed by atoms with Crippen LogP contribution in [0.5, 0.6) is 0 Å². The maximum absolute atomic E-state index is 12.6. The van der Waals surface area contributed by atoms with Crippen molar-refractivity contribution in [3.05, 3.63) is 0 Å². The van der Waals surface area contributed by atoms with Crippen molar-refractivity contribution in [3.63, 3.8) is 0 Å². The molecule has 104 valence electrons. The number of amides is 1. The van der Waals surface area contributed by atoms with Crippen LogP contribution in [-0.2, 0) is 9.53 Å². The van der Waals surface area contributed by atoms with E-state index >= 15 is 0 Å². The van der Waals surface area contributed by atoms with E-state index in [1.807, 2.05) is 4.90 Å². The number of hydrogen-bond acceptors (Lipinski definition) is 3. The molecule has 2 aliphatic rings. The molecule has 0 aromatic rings. The molecule has 0 saturated carbocycles. The van der Waals surface area contributed by atoms with E-state index in [-0.39, 0.29) is 23.5 Å². The Morgan fingerprint density at radius 2 is 2.28 bits per heavy atom. The first-order valence-corrected chi connectivity index (χ1v) is 7.18. The topological polar surface area (TPSA) is 41.6 Å². The summed E-state index contributed by atoms with van der Waals surface area (Å²) < 4.78 is 5.63. The molecule has 2 heterocycles. The molecule has 0 radical (unpaired) electrons. The van der Waals surface area contributed by atoms with Gasteiger partial charge in [0.15, 0.2) is 0 Å². The number of morpholine rings is 1. The highest BCUT2D eigenvalue weighted by Gasteiger charge is 2.40. The first-order valence-electron chi connectivity index (χ1n) is 7.18. The van der Waals surface area contributed by atoms with Gasteiger partial charge in [-0.3, -0.25) is 4.79 Å². The molecule has 4 heteroatoms. The van der Waals surface area contributed by atoms with Crippen molar-refractivity contribution in [2.24, 2.45) is 5.41 Å². The summed E-state index contributed by atoms with van der Waals surface area (Å²) in [4.78, 5) is 14.6. The third-order valence-electron chi connectivity index (χ3n) is 4.28. The number of hydrogen-bond donors (Lipinski definition) is 1. The van der Waals surface area contributed by atoms with Gasteiger partial charge < -0.3 is 15.0 Å². The zero-order chi connectivity index (χ0) is 13.2. The SMILES string of the molecule is CCC1CN(C(=O)C2NCCCC2(C)C)CCO1. The fourth-order valence-electron chi connectivity index (χ4n) is 2.98. The van der Waals surface area contributed by atoms with Gasteiger partial charge in [0.2, 0.25) is 5.91 Å². The number of carbonyl (C=O) groups is 1. The fraction of sp³-hybridized carbons (Fsp3) is 0.929. The maximum Gasteiger partial charge on any atom is 0.240 e. The fourth-order valence-corrected chi connectivity index (χ4v) is 2.98. The maximum atomic E-state index is 12.6. The average molecular weight is 254 g/mol. The average Bonchev–Trinajstić information content (AvgIpc) is 2.37. The zero-order valence-electron chi connectivity index (χ0n) is 11.9.